The Morgan fingerprint density at radius 2 is 2.11 bits per heavy atom. The Kier molecular flexibility index (Phi) is 5.37. The van der Waals surface area contributed by atoms with E-state index in [4.69, 9.17) is 4.74 Å². The lowest BCUT2D eigenvalue weighted by molar-refractivity contribution is 0.143. The molecule has 1 fully saturated rings. The Bertz CT molecular complexity index is 368. The Hall–Kier alpha value is -0.900. The second-order valence-corrected chi connectivity index (χ2v) is 5.52. The first-order valence-corrected chi connectivity index (χ1v) is 7.21. The quantitative estimate of drug-likeness (QED) is 0.851. The predicted molar refractivity (Wildman–Crippen MR) is 79.3 cm³/mol. The van der Waals surface area contributed by atoms with Gasteiger partial charge in [-0.15, -0.1) is 0 Å². The van der Waals surface area contributed by atoms with Crippen molar-refractivity contribution in [3.8, 4) is 0 Å². The van der Waals surface area contributed by atoms with Crippen molar-refractivity contribution in [1.29, 1.82) is 0 Å². The maximum Gasteiger partial charge on any atom is 0.0503 e. The third-order valence-corrected chi connectivity index (χ3v) is 4.25. The predicted octanol–water partition coefficient (Wildman–Crippen LogP) is 2.30. The molecule has 1 saturated heterocycles. The topological polar surface area (TPSA) is 24.5 Å². The molecule has 0 amide bonds. The van der Waals surface area contributed by atoms with Gasteiger partial charge in [0.05, 0.1) is 6.61 Å². The maximum atomic E-state index is 5.28. The van der Waals surface area contributed by atoms with Gasteiger partial charge in [-0.2, -0.15) is 0 Å². The standard InChI is InChI=1S/C16H26N2O/c1-13(18-10-9-14(11-18)12-19-3)16(17-2)15-7-5-4-6-8-15/h4-8,13-14,16-17H,9-12H2,1-3H3. The number of ether oxygens (including phenoxy) is 1. The monoisotopic (exact) mass is 262 g/mol. The largest absolute Gasteiger partial charge is 0.384 e. The van der Waals surface area contributed by atoms with Gasteiger partial charge in [-0.3, -0.25) is 4.90 Å². The minimum absolute atomic E-state index is 0.391. The number of hydrogen-bond donors (Lipinski definition) is 1. The molecule has 106 valence electrons. The average Bonchev–Trinajstić information content (AvgIpc) is 2.90. The van der Waals surface area contributed by atoms with Crippen molar-refractivity contribution in [2.45, 2.75) is 25.4 Å². The van der Waals surface area contributed by atoms with Gasteiger partial charge < -0.3 is 10.1 Å². The Labute approximate surface area is 116 Å². The van der Waals surface area contributed by atoms with Gasteiger partial charge in [-0.05, 0) is 38.4 Å². The highest BCUT2D eigenvalue weighted by molar-refractivity contribution is 5.20. The molecule has 1 N–H and O–H groups in total. The highest BCUT2D eigenvalue weighted by Gasteiger charge is 2.30. The average molecular weight is 262 g/mol. The molecule has 3 heteroatoms. The molecule has 0 spiro atoms. The third kappa shape index (κ3) is 3.56. The first-order chi connectivity index (χ1) is 9.26. The van der Waals surface area contributed by atoms with E-state index in [0.717, 1.165) is 13.2 Å². The molecule has 3 atom stereocenters. The van der Waals surface area contributed by atoms with Crippen LogP contribution >= 0.6 is 0 Å². The highest BCUT2D eigenvalue weighted by Crippen LogP contribution is 2.26. The summed E-state index contributed by atoms with van der Waals surface area (Å²) in [6.45, 7) is 5.54. The minimum atomic E-state index is 0.391. The van der Waals surface area contributed by atoms with E-state index in [-0.39, 0.29) is 0 Å². The fourth-order valence-corrected chi connectivity index (χ4v) is 3.16. The SMILES string of the molecule is CNC(c1ccccc1)C(C)N1CCC(COC)C1. The number of likely N-dealkylation sites (tertiary alicyclic amines) is 1. The van der Waals surface area contributed by atoms with Crippen LogP contribution in [-0.2, 0) is 4.74 Å². The van der Waals surface area contributed by atoms with Gasteiger partial charge in [0.1, 0.15) is 0 Å². The number of nitrogens with one attached hydrogen (secondary N) is 1. The van der Waals surface area contributed by atoms with Crippen LogP contribution in [0.4, 0.5) is 0 Å². The second-order valence-electron chi connectivity index (χ2n) is 5.52. The van der Waals surface area contributed by atoms with Gasteiger partial charge in [0, 0.05) is 25.7 Å². The maximum absolute atomic E-state index is 5.28. The summed E-state index contributed by atoms with van der Waals surface area (Å²) in [6.07, 6.45) is 1.25. The van der Waals surface area contributed by atoms with Gasteiger partial charge in [0.2, 0.25) is 0 Å². The lowest BCUT2D eigenvalue weighted by atomic mass is 9.99. The lowest BCUT2D eigenvalue weighted by Gasteiger charge is -2.32. The molecule has 0 saturated carbocycles. The van der Waals surface area contributed by atoms with Crippen LogP contribution < -0.4 is 5.32 Å². The molecule has 19 heavy (non-hydrogen) atoms. The van der Waals surface area contributed by atoms with Crippen LogP contribution in [0.3, 0.4) is 0 Å². The number of methoxy groups -OCH3 is 1. The second kappa shape index (κ2) is 7.04. The molecule has 0 aromatic heterocycles. The van der Waals surface area contributed by atoms with Crippen molar-refractivity contribution in [3.05, 3.63) is 35.9 Å². The van der Waals surface area contributed by atoms with Gasteiger partial charge in [0.15, 0.2) is 0 Å². The molecule has 1 aliphatic rings. The fourth-order valence-electron chi connectivity index (χ4n) is 3.16. The van der Waals surface area contributed by atoms with E-state index in [1.165, 1.54) is 18.5 Å². The van der Waals surface area contributed by atoms with Crippen LogP contribution in [0.15, 0.2) is 30.3 Å². The van der Waals surface area contributed by atoms with E-state index >= 15 is 0 Å². The summed E-state index contributed by atoms with van der Waals surface area (Å²) in [7, 11) is 3.85. The van der Waals surface area contributed by atoms with Crippen LogP contribution in [0, 0.1) is 5.92 Å². The molecule has 0 bridgehead atoms. The van der Waals surface area contributed by atoms with E-state index in [0.29, 0.717) is 18.0 Å². The van der Waals surface area contributed by atoms with E-state index in [1.54, 1.807) is 7.11 Å². The van der Waals surface area contributed by atoms with Crippen molar-refractivity contribution < 1.29 is 4.74 Å². The summed E-state index contributed by atoms with van der Waals surface area (Å²) in [5.41, 5.74) is 1.37. The Morgan fingerprint density at radius 1 is 1.37 bits per heavy atom. The summed E-state index contributed by atoms with van der Waals surface area (Å²) in [4.78, 5) is 2.58. The molecule has 0 aliphatic carbocycles. The van der Waals surface area contributed by atoms with Crippen LogP contribution in [0.1, 0.15) is 24.9 Å². The molecular weight excluding hydrogens is 236 g/mol. The molecule has 2 rings (SSSR count). The van der Waals surface area contributed by atoms with E-state index in [2.05, 4.69) is 54.5 Å². The molecule has 0 radical (unpaired) electrons. The number of nitrogens with zero attached hydrogens (tertiary/aromatic N) is 1. The van der Waals surface area contributed by atoms with E-state index in [1.807, 2.05) is 0 Å². The van der Waals surface area contributed by atoms with E-state index in [9.17, 15) is 0 Å². The molecular formula is C16H26N2O. The molecule has 1 heterocycles. The van der Waals surface area contributed by atoms with Crippen LogP contribution in [0.25, 0.3) is 0 Å². The summed E-state index contributed by atoms with van der Waals surface area (Å²) in [6, 6.07) is 11.6. The Morgan fingerprint density at radius 3 is 2.74 bits per heavy atom. The summed E-state index contributed by atoms with van der Waals surface area (Å²) >= 11 is 0. The summed E-state index contributed by atoms with van der Waals surface area (Å²) in [5.74, 6) is 0.695. The van der Waals surface area contributed by atoms with Crippen LogP contribution in [0.5, 0.6) is 0 Å². The number of benzene rings is 1. The third-order valence-electron chi connectivity index (χ3n) is 4.25. The smallest absolute Gasteiger partial charge is 0.0503 e. The van der Waals surface area contributed by atoms with Crippen molar-refractivity contribution in [2.75, 3.05) is 33.9 Å². The van der Waals surface area contributed by atoms with Crippen LogP contribution in [-0.4, -0.2) is 44.8 Å². The summed E-state index contributed by atoms with van der Waals surface area (Å²) in [5, 5.41) is 3.47. The van der Waals surface area contributed by atoms with Crippen molar-refractivity contribution in [2.24, 2.45) is 5.92 Å². The molecule has 1 aromatic rings. The highest BCUT2D eigenvalue weighted by atomic mass is 16.5. The molecule has 3 unspecified atom stereocenters. The minimum Gasteiger partial charge on any atom is -0.384 e. The molecule has 3 nitrogen and oxygen atoms in total. The van der Waals surface area contributed by atoms with Gasteiger partial charge >= 0.3 is 0 Å². The first kappa shape index (κ1) is 14.5. The lowest BCUT2D eigenvalue weighted by Crippen LogP contribution is -2.41. The Balaban J connectivity index is 2.00. The number of likely N-dealkylation sites (N-methyl/N-ethyl adjacent to an activating group) is 1. The van der Waals surface area contributed by atoms with Crippen LogP contribution in [0.2, 0.25) is 0 Å². The van der Waals surface area contributed by atoms with E-state index < -0.39 is 0 Å². The molecule has 1 aromatic carbocycles. The van der Waals surface area contributed by atoms with Gasteiger partial charge in [-0.25, -0.2) is 0 Å². The fraction of sp³-hybridized carbons (Fsp3) is 0.625. The van der Waals surface area contributed by atoms with Gasteiger partial charge in [-0.1, -0.05) is 30.3 Å². The van der Waals surface area contributed by atoms with Crippen molar-refractivity contribution in [3.63, 3.8) is 0 Å². The zero-order valence-corrected chi connectivity index (χ0v) is 12.3. The normalized spacial score (nSPS) is 23.4. The van der Waals surface area contributed by atoms with Crippen molar-refractivity contribution >= 4 is 0 Å². The number of rotatable bonds is 6. The summed E-state index contributed by atoms with van der Waals surface area (Å²) < 4.78 is 5.28. The number of hydrogen-bond acceptors (Lipinski definition) is 3. The van der Waals surface area contributed by atoms with Crippen molar-refractivity contribution in [1.82, 2.24) is 10.2 Å². The molecule has 1 aliphatic heterocycles. The zero-order chi connectivity index (χ0) is 13.7. The zero-order valence-electron chi connectivity index (χ0n) is 12.3. The van der Waals surface area contributed by atoms with Gasteiger partial charge in [0.25, 0.3) is 0 Å². The first-order valence-electron chi connectivity index (χ1n) is 7.21.